The molecule has 3 N–H and O–H groups in total. The monoisotopic (exact) mass is 500 g/mol. The van der Waals surface area contributed by atoms with Crippen LogP contribution in [0.3, 0.4) is 0 Å². The van der Waals surface area contributed by atoms with Gasteiger partial charge in [0.2, 0.25) is 0 Å². The molecule has 0 aliphatic heterocycles. The topological polar surface area (TPSA) is 104 Å². The first-order chi connectivity index (χ1) is 16.1. The van der Waals surface area contributed by atoms with Gasteiger partial charge in [-0.3, -0.25) is 9.59 Å². The van der Waals surface area contributed by atoms with Crippen LogP contribution in [0.5, 0.6) is 11.5 Å². The number of carboxylic acids is 1. The van der Waals surface area contributed by atoms with Gasteiger partial charge in [-0.1, -0.05) is 65.8 Å². The molecule has 0 heterocycles. The van der Waals surface area contributed by atoms with E-state index >= 15 is 0 Å². The van der Waals surface area contributed by atoms with E-state index in [9.17, 15) is 19.8 Å². The highest BCUT2D eigenvalue weighted by Gasteiger charge is 2.28. The Bertz CT molecular complexity index is 1010. The molecule has 6 nitrogen and oxygen atoms in total. The molecule has 2 unspecified atom stereocenters. The Morgan fingerprint density at radius 2 is 1.14 bits per heavy atom. The molecule has 0 fully saturated rings. The van der Waals surface area contributed by atoms with Gasteiger partial charge in [0.05, 0.1) is 11.8 Å². The highest BCUT2D eigenvalue weighted by Crippen LogP contribution is 2.41. The summed E-state index contributed by atoms with van der Waals surface area (Å²) < 4.78 is 5.28. The molecule has 0 spiro atoms. The van der Waals surface area contributed by atoms with Gasteiger partial charge in [-0.05, 0) is 79.8 Å². The van der Waals surface area contributed by atoms with E-state index in [1.807, 2.05) is 74.4 Å². The summed E-state index contributed by atoms with van der Waals surface area (Å²) in [4.78, 5) is 23.0. The first kappa shape index (κ1) is 31.0. The molecule has 0 saturated heterocycles. The predicted molar refractivity (Wildman–Crippen MR) is 144 cm³/mol. The number of carboxylic acid groups (broad SMARTS) is 1. The van der Waals surface area contributed by atoms with Crippen molar-refractivity contribution in [2.75, 3.05) is 0 Å². The maximum absolute atomic E-state index is 11.8. The standard InChI is InChI=1S/C17H26O3.C13H18O3/c1-10(15(19)20)11-8-12(16(2,3)4)14(18)13(9-11)17(5,6)7;1-9(12(15)16-13(2,3)4)10-5-7-11(14)8-6-10/h8-10,18H,1-7H3,(H,19,20);5-9,14H,1-4H3. The van der Waals surface area contributed by atoms with Gasteiger partial charge in [-0.2, -0.15) is 0 Å². The number of esters is 1. The molecule has 0 aliphatic rings. The van der Waals surface area contributed by atoms with Crippen LogP contribution < -0.4 is 0 Å². The highest BCUT2D eigenvalue weighted by atomic mass is 16.6. The fourth-order valence-electron chi connectivity index (χ4n) is 3.48. The van der Waals surface area contributed by atoms with Gasteiger partial charge in [0.1, 0.15) is 17.1 Å². The van der Waals surface area contributed by atoms with E-state index in [4.69, 9.17) is 9.84 Å². The second-order valence-corrected chi connectivity index (χ2v) is 12.4. The van der Waals surface area contributed by atoms with Gasteiger partial charge in [0, 0.05) is 0 Å². The molecule has 0 amide bonds. The van der Waals surface area contributed by atoms with E-state index < -0.39 is 17.5 Å². The summed E-state index contributed by atoms with van der Waals surface area (Å²) in [7, 11) is 0. The van der Waals surface area contributed by atoms with E-state index in [1.165, 1.54) is 0 Å². The second kappa shape index (κ2) is 11.4. The minimum Gasteiger partial charge on any atom is -0.508 e. The van der Waals surface area contributed by atoms with Gasteiger partial charge in [0.25, 0.3) is 0 Å². The smallest absolute Gasteiger partial charge is 0.313 e. The number of hydrogen-bond donors (Lipinski definition) is 3. The number of hydrogen-bond acceptors (Lipinski definition) is 5. The Kier molecular flexibility index (Phi) is 9.79. The third-order valence-electron chi connectivity index (χ3n) is 5.77. The lowest BCUT2D eigenvalue weighted by atomic mass is 9.77. The van der Waals surface area contributed by atoms with Crippen molar-refractivity contribution in [2.45, 2.75) is 104 Å². The molecule has 0 aromatic heterocycles. The summed E-state index contributed by atoms with van der Waals surface area (Å²) in [6.45, 7) is 21.1. The Labute approximate surface area is 216 Å². The number of phenolic OH excluding ortho intramolecular Hbond substituents is 2. The molecule has 2 aromatic rings. The average molecular weight is 501 g/mol. The van der Waals surface area contributed by atoms with Gasteiger partial charge in [-0.25, -0.2) is 0 Å². The van der Waals surface area contributed by atoms with Crippen LogP contribution in [0, 0.1) is 0 Å². The summed E-state index contributed by atoms with van der Waals surface area (Å²) in [6.07, 6.45) is 0. The van der Waals surface area contributed by atoms with Crippen LogP contribution in [0.4, 0.5) is 0 Å². The highest BCUT2D eigenvalue weighted by molar-refractivity contribution is 5.78. The maximum Gasteiger partial charge on any atom is 0.313 e. The molecule has 200 valence electrons. The van der Waals surface area contributed by atoms with Crippen LogP contribution in [0.25, 0.3) is 0 Å². The number of benzene rings is 2. The summed E-state index contributed by atoms with van der Waals surface area (Å²) in [5, 5.41) is 28.9. The van der Waals surface area contributed by atoms with Crippen LogP contribution in [0.1, 0.15) is 110 Å². The predicted octanol–water partition coefficient (Wildman–Crippen LogP) is 7.01. The van der Waals surface area contributed by atoms with Gasteiger partial charge >= 0.3 is 11.9 Å². The zero-order chi connectivity index (χ0) is 28.2. The van der Waals surface area contributed by atoms with Crippen molar-refractivity contribution >= 4 is 11.9 Å². The average Bonchev–Trinajstić information content (AvgIpc) is 2.71. The van der Waals surface area contributed by atoms with Crippen LogP contribution in [-0.2, 0) is 25.2 Å². The molecule has 2 aromatic carbocycles. The Morgan fingerprint density at radius 3 is 1.47 bits per heavy atom. The van der Waals surface area contributed by atoms with Crippen molar-refractivity contribution in [3.8, 4) is 11.5 Å². The quantitative estimate of drug-likeness (QED) is 0.390. The molecule has 0 bridgehead atoms. The van der Waals surface area contributed by atoms with E-state index in [-0.39, 0.29) is 34.2 Å². The second-order valence-electron chi connectivity index (χ2n) is 12.4. The largest absolute Gasteiger partial charge is 0.508 e. The minimum absolute atomic E-state index is 0.195. The van der Waals surface area contributed by atoms with Crippen LogP contribution in [0.2, 0.25) is 0 Å². The fourth-order valence-corrected chi connectivity index (χ4v) is 3.48. The van der Waals surface area contributed by atoms with Gasteiger partial charge < -0.3 is 20.1 Å². The third-order valence-corrected chi connectivity index (χ3v) is 5.77. The number of rotatable bonds is 4. The number of aliphatic carboxylic acids is 1. The fraction of sp³-hybridized carbons (Fsp3) is 0.533. The Balaban J connectivity index is 0.000000369. The third kappa shape index (κ3) is 8.89. The molecule has 0 saturated carbocycles. The Morgan fingerprint density at radius 1 is 0.722 bits per heavy atom. The van der Waals surface area contributed by atoms with E-state index in [0.29, 0.717) is 0 Å². The van der Waals surface area contributed by atoms with Crippen molar-refractivity contribution in [2.24, 2.45) is 0 Å². The van der Waals surface area contributed by atoms with Crippen LogP contribution in [-0.4, -0.2) is 32.9 Å². The lowest BCUT2D eigenvalue weighted by molar-refractivity contribution is -0.156. The summed E-state index contributed by atoms with van der Waals surface area (Å²) >= 11 is 0. The van der Waals surface area contributed by atoms with E-state index in [1.54, 1.807) is 38.1 Å². The summed E-state index contributed by atoms with van der Waals surface area (Å²) in [5.74, 6) is -1.53. The van der Waals surface area contributed by atoms with Gasteiger partial charge in [-0.15, -0.1) is 0 Å². The molecule has 2 rings (SSSR count). The summed E-state index contributed by atoms with van der Waals surface area (Å²) in [6, 6.07) is 10.2. The molecule has 36 heavy (non-hydrogen) atoms. The molecular weight excluding hydrogens is 456 g/mol. The molecular formula is C30H44O6. The zero-order valence-corrected chi connectivity index (χ0v) is 23.7. The number of carbonyl (C=O) groups is 2. The van der Waals surface area contributed by atoms with Crippen LogP contribution in [0.15, 0.2) is 36.4 Å². The Hall–Kier alpha value is -3.02. The molecule has 0 aliphatic carbocycles. The number of aromatic hydroxyl groups is 2. The lowest BCUT2D eigenvalue weighted by Gasteiger charge is -2.28. The first-order valence-electron chi connectivity index (χ1n) is 12.3. The SMILES string of the molecule is CC(C(=O)O)c1cc(C(C)(C)C)c(O)c(C(C)(C)C)c1.CC(C(=O)OC(C)(C)C)c1ccc(O)cc1. The molecule has 0 radical (unpaired) electrons. The zero-order valence-electron chi connectivity index (χ0n) is 23.7. The molecule has 6 heteroatoms. The van der Waals surface area contributed by atoms with Crippen LogP contribution >= 0.6 is 0 Å². The minimum atomic E-state index is -0.851. The number of phenols is 2. The van der Waals surface area contributed by atoms with Crippen molar-refractivity contribution in [1.29, 1.82) is 0 Å². The first-order valence-corrected chi connectivity index (χ1v) is 12.3. The van der Waals surface area contributed by atoms with E-state index in [2.05, 4.69) is 0 Å². The normalized spacial score (nSPS) is 13.8. The number of carbonyl (C=O) groups excluding carboxylic acids is 1. The number of ether oxygens (including phenoxy) is 1. The van der Waals surface area contributed by atoms with Gasteiger partial charge in [0.15, 0.2) is 0 Å². The summed E-state index contributed by atoms with van der Waals surface area (Å²) in [5.41, 5.74) is 2.23. The van der Waals surface area contributed by atoms with E-state index in [0.717, 1.165) is 22.3 Å². The molecule has 2 atom stereocenters. The lowest BCUT2D eigenvalue weighted by Crippen LogP contribution is -2.26. The van der Waals surface area contributed by atoms with Crippen molar-refractivity contribution in [1.82, 2.24) is 0 Å². The maximum atomic E-state index is 11.8. The van der Waals surface area contributed by atoms with Crippen molar-refractivity contribution in [3.05, 3.63) is 58.7 Å². The van der Waals surface area contributed by atoms with Crippen molar-refractivity contribution in [3.63, 3.8) is 0 Å². The van der Waals surface area contributed by atoms with Crippen molar-refractivity contribution < 1.29 is 29.6 Å².